The van der Waals surface area contributed by atoms with Crippen molar-refractivity contribution in [3.05, 3.63) is 23.3 Å². The SMILES string of the molecule is COc1cc(N)cc2c1C(C)(C)CN(C(=O)OC(C)(C)C)C2. The Hall–Kier alpha value is -1.91. The lowest BCUT2D eigenvalue weighted by atomic mass is 9.77. The zero-order valence-electron chi connectivity index (χ0n) is 14.3. The zero-order valence-corrected chi connectivity index (χ0v) is 14.3. The van der Waals surface area contributed by atoms with E-state index in [1.807, 2.05) is 32.9 Å². The standard InChI is InChI=1S/C17H26N2O3/c1-16(2,3)22-15(20)19-9-11-7-12(18)8-13(21-6)14(11)17(4,5)10-19/h7-8H,9-10,18H2,1-6H3. The lowest BCUT2D eigenvalue weighted by Gasteiger charge is -2.41. The Labute approximate surface area is 132 Å². The largest absolute Gasteiger partial charge is 0.496 e. The molecule has 0 aromatic heterocycles. The van der Waals surface area contributed by atoms with E-state index >= 15 is 0 Å². The summed E-state index contributed by atoms with van der Waals surface area (Å²) in [6.45, 7) is 10.9. The molecule has 5 nitrogen and oxygen atoms in total. The number of methoxy groups -OCH3 is 1. The Morgan fingerprint density at radius 2 is 1.95 bits per heavy atom. The number of carbonyl (C=O) groups is 1. The maximum absolute atomic E-state index is 12.4. The number of carbonyl (C=O) groups excluding carboxylic acids is 1. The molecule has 1 amide bonds. The molecule has 122 valence electrons. The van der Waals surface area contributed by atoms with Crippen molar-refractivity contribution < 1.29 is 14.3 Å². The lowest BCUT2D eigenvalue weighted by molar-refractivity contribution is 0.0172. The van der Waals surface area contributed by atoms with Gasteiger partial charge in [0.2, 0.25) is 0 Å². The van der Waals surface area contributed by atoms with E-state index in [-0.39, 0.29) is 11.5 Å². The quantitative estimate of drug-likeness (QED) is 0.808. The molecule has 0 unspecified atom stereocenters. The molecule has 2 rings (SSSR count). The second-order valence-corrected chi connectivity index (χ2v) is 7.48. The van der Waals surface area contributed by atoms with Crippen molar-refractivity contribution in [2.24, 2.45) is 0 Å². The van der Waals surface area contributed by atoms with Crippen molar-refractivity contribution in [2.45, 2.75) is 52.2 Å². The number of ether oxygens (including phenoxy) is 2. The van der Waals surface area contributed by atoms with E-state index in [1.165, 1.54) is 0 Å². The summed E-state index contributed by atoms with van der Waals surface area (Å²) in [7, 11) is 1.64. The molecule has 0 atom stereocenters. The Bertz CT molecular complexity index is 588. The van der Waals surface area contributed by atoms with Gasteiger partial charge in [-0.3, -0.25) is 0 Å². The fraction of sp³-hybridized carbons (Fsp3) is 0.588. The minimum Gasteiger partial charge on any atom is -0.496 e. The number of hydrogen-bond donors (Lipinski definition) is 1. The second-order valence-electron chi connectivity index (χ2n) is 7.48. The first kappa shape index (κ1) is 16.5. The van der Waals surface area contributed by atoms with Crippen molar-refractivity contribution >= 4 is 11.8 Å². The van der Waals surface area contributed by atoms with E-state index in [9.17, 15) is 4.79 Å². The highest BCUT2D eigenvalue weighted by Crippen LogP contribution is 2.41. The number of nitrogens with zero attached hydrogens (tertiary/aromatic N) is 1. The third-order valence-electron chi connectivity index (χ3n) is 3.70. The molecular weight excluding hydrogens is 280 g/mol. The summed E-state index contributed by atoms with van der Waals surface area (Å²) in [6, 6.07) is 3.75. The predicted molar refractivity (Wildman–Crippen MR) is 87.1 cm³/mol. The average Bonchev–Trinajstić information content (AvgIpc) is 2.33. The molecule has 5 heteroatoms. The molecule has 0 spiro atoms. The van der Waals surface area contributed by atoms with Gasteiger partial charge >= 0.3 is 6.09 Å². The molecule has 1 heterocycles. The number of benzene rings is 1. The van der Waals surface area contributed by atoms with Crippen LogP contribution in [0.5, 0.6) is 5.75 Å². The van der Waals surface area contributed by atoms with Crippen LogP contribution in [-0.2, 0) is 16.7 Å². The van der Waals surface area contributed by atoms with Gasteiger partial charge in [-0.1, -0.05) is 13.8 Å². The van der Waals surface area contributed by atoms with Gasteiger partial charge in [0.05, 0.1) is 7.11 Å². The maximum Gasteiger partial charge on any atom is 0.410 e. The van der Waals surface area contributed by atoms with Crippen LogP contribution in [0.3, 0.4) is 0 Å². The zero-order chi connectivity index (χ0) is 16.7. The summed E-state index contributed by atoms with van der Waals surface area (Å²) in [5.41, 5.74) is 7.98. The molecule has 0 aliphatic carbocycles. The topological polar surface area (TPSA) is 64.8 Å². The number of anilines is 1. The molecule has 1 aromatic carbocycles. The molecule has 1 aliphatic rings. The van der Waals surface area contributed by atoms with Crippen LogP contribution in [-0.4, -0.2) is 30.2 Å². The van der Waals surface area contributed by atoms with Crippen LogP contribution in [0.15, 0.2) is 12.1 Å². The molecule has 0 saturated carbocycles. The number of nitrogens with two attached hydrogens (primary N) is 1. The summed E-state index contributed by atoms with van der Waals surface area (Å²) in [5.74, 6) is 0.781. The van der Waals surface area contributed by atoms with Crippen LogP contribution in [0.1, 0.15) is 45.7 Å². The van der Waals surface area contributed by atoms with Crippen molar-refractivity contribution in [1.29, 1.82) is 0 Å². The molecule has 0 bridgehead atoms. The van der Waals surface area contributed by atoms with Gasteiger partial charge in [0.1, 0.15) is 11.4 Å². The van der Waals surface area contributed by atoms with Gasteiger partial charge in [-0.25, -0.2) is 4.79 Å². The first-order chi connectivity index (χ1) is 10.0. The predicted octanol–water partition coefficient (Wildman–Crippen LogP) is 3.31. The Morgan fingerprint density at radius 3 is 2.50 bits per heavy atom. The first-order valence-electron chi connectivity index (χ1n) is 7.48. The molecule has 22 heavy (non-hydrogen) atoms. The van der Waals surface area contributed by atoms with Crippen LogP contribution in [0.2, 0.25) is 0 Å². The van der Waals surface area contributed by atoms with Crippen LogP contribution >= 0.6 is 0 Å². The lowest BCUT2D eigenvalue weighted by Crippen LogP contribution is -2.47. The van der Waals surface area contributed by atoms with E-state index in [0.717, 1.165) is 16.9 Å². The van der Waals surface area contributed by atoms with E-state index < -0.39 is 5.60 Å². The highest BCUT2D eigenvalue weighted by Gasteiger charge is 2.38. The van der Waals surface area contributed by atoms with Crippen molar-refractivity contribution in [3.63, 3.8) is 0 Å². The normalized spacial score (nSPS) is 16.9. The van der Waals surface area contributed by atoms with Crippen LogP contribution in [0.25, 0.3) is 0 Å². The summed E-state index contributed by atoms with van der Waals surface area (Å²) < 4.78 is 11.0. The first-order valence-corrected chi connectivity index (χ1v) is 7.48. The van der Waals surface area contributed by atoms with Gasteiger partial charge in [0, 0.05) is 35.8 Å². The summed E-state index contributed by atoms with van der Waals surface area (Å²) in [5, 5.41) is 0. The third kappa shape index (κ3) is 3.29. The van der Waals surface area contributed by atoms with E-state index in [4.69, 9.17) is 15.2 Å². The second kappa shape index (κ2) is 5.38. The Morgan fingerprint density at radius 1 is 1.32 bits per heavy atom. The fourth-order valence-electron chi connectivity index (χ4n) is 3.02. The Kier molecular flexibility index (Phi) is 4.02. The molecular formula is C17H26N2O3. The fourth-order valence-corrected chi connectivity index (χ4v) is 3.02. The summed E-state index contributed by atoms with van der Waals surface area (Å²) in [4.78, 5) is 14.1. The van der Waals surface area contributed by atoms with Gasteiger partial charge in [-0.15, -0.1) is 0 Å². The smallest absolute Gasteiger partial charge is 0.410 e. The summed E-state index contributed by atoms with van der Waals surface area (Å²) in [6.07, 6.45) is -0.299. The minimum atomic E-state index is -0.505. The van der Waals surface area contributed by atoms with E-state index in [1.54, 1.807) is 12.0 Å². The molecule has 0 fully saturated rings. The van der Waals surface area contributed by atoms with Gasteiger partial charge in [-0.05, 0) is 32.4 Å². The van der Waals surface area contributed by atoms with Gasteiger partial charge in [0.15, 0.2) is 0 Å². The maximum atomic E-state index is 12.4. The van der Waals surface area contributed by atoms with Crippen molar-refractivity contribution in [3.8, 4) is 5.75 Å². The Balaban J connectivity index is 2.38. The molecule has 1 aromatic rings. The molecule has 1 aliphatic heterocycles. The molecule has 2 N–H and O–H groups in total. The third-order valence-corrected chi connectivity index (χ3v) is 3.70. The van der Waals surface area contributed by atoms with Gasteiger partial charge in [-0.2, -0.15) is 0 Å². The van der Waals surface area contributed by atoms with Crippen molar-refractivity contribution in [1.82, 2.24) is 4.90 Å². The number of amides is 1. The number of hydrogen-bond acceptors (Lipinski definition) is 4. The number of rotatable bonds is 1. The van der Waals surface area contributed by atoms with E-state index in [2.05, 4.69) is 13.8 Å². The van der Waals surface area contributed by atoms with Crippen molar-refractivity contribution in [2.75, 3.05) is 19.4 Å². The monoisotopic (exact) mass is 306 g/mol. The van der Waals surface area contributed by atoms with E-state index in [0.29, 0.717) is 18.8 Å². The number of fused-ring (bicyclic) bond motifs is 1. The van der Waals surface area contributed by atoms with Crippen LogP contribution < -0.4 is 10.5 Å². The van der Waals surface area contributed by atoms with Gasteiger partial charge in [0.25, 0.3) is 0 Å². The van der Waals surface area contributed by atoms with Gasteiger partial charge < -0.3 is 20.1 Å². The average molecular weight is 306 g/mol. The van der Waals surface area contributed by atoms with Crippen LogP contribution in [0, 0.1) is 0 Å². The van der Waals surface area contributed by atoms with Crippen LogP contribution in [0.4, 0.5) is 10.5 Å². The summed E-state index contributed by atoms with van der Waals surface area (Å²) >= 11 is 0. The highest BCUT2D eigenvalue weighted by molar-refractivity contribution is 5.70. The molecule has 0 radical (unpaired) electrons. The number of nitrogen functional groups attached to an aromatic ring is 1. The molecule has 0 saturated heterocycles. The minimum absolute atomic E-state index is 0.233. The highest BCUT2D eigenvalue weighted by atomic mass is 16.6.